The van der Waals surface area contributed by atoms with Crippen LogP contribution in [0.5, 0.6) is 0 Å². The maximum Gasteiger partial charge on any atom is 0.481 e. The Hall–Kier alpha value is -2.22. The molecule has 0 N–H and O–H groups in total. The Labute approximate surface area is 143 Å². The van der Waals surface area contributed by atoms with Crippen LogP contribution in [0, 0.1) is 0 Å². The molecular weight excluding hydrogens is 437 g/mol. The van der Waals surface area contributed by atoms with E-state index >= 15 is 0 Å². The molecule has 0 aromatic heterocycles. The summed E-state index contributed by atoms with van der Waals surface area (Å²) in [5.41, 5.74) is 0.880. The Morgan fingerprint density at radius 2 is 1.48 bits per heavy atom. The first-order chi connectivity index (χ1) is 12.1. The van der Waals surface area contributed by atoms with Crippen molar-refractivity contribution in [1.82, 2.24) is 0 Å². The lowest BCUT2D eigenvalue weighted by molar-refractivity contribution is -0.443. The molecule has 0 heterocycles. The summed E-state index contributed by atoms with van der Waals surface area (Å²) in [7, 11) is -6.43. The fraction of sp³-hybridized carbons (Fsp3) is 0.364. The molecule has 27 heavy (non-hydrogen) atoms. The van der Waals surface area contributed by atoms with Crippen LogP contribution >= 0.6 is 0 Å². The second-order valence-electron chi connectivity index (χ2n) is 4.01. The first-order valence-corrected chi connectivity index (χ1v) is 7.17. The van der Waals surface area contributed by atoms with Gasteiger partial charge in [0.15, 0.2) is 23.1 Å². The molecule has 0 spiro atoms. The molecule has 1 unspecified atom stereocenters. The summed E-state index contributed by atoms with van der Waals surface area (Å²) in [6.07, 6.45) is -17.0. The molecule has 156 valence electrons. The lowest BCUT2D eigenvalue weighted by Gasteiger charge is -2.34. The third-order valence-corrected chi connectivity index (χ3v) is 3.10. The zero-order chi connectivity index (χ0) is 21.7. The average Bonchev–Trinajstić information content (AvgIpc) is 2.51. The van der Waals surface area contributed by atoms with Gasteiger partial charge in [0, 0.05) is 0 Å². The maximum absolute atomic E-state index is 14.0. The van der Waals surface area contributed by atoms with E-state index in [9.17, 15) is 56.2 Å². The Morgan fingerprint density at radius 3 is 1.78 bits per heavy atom. The van der Waals surface area contributed by atoms with Gasteiger partial charge in [-0.15, -0.1) is 3.89 Å². The molecule has 0 bridgehead atoms. The first kappa shape index (κ1) is 24.8. The zero-order valence-corrected chi connectivity index (χ0v) is 13.0. The van der Waals surface area contributed by atoms with Crippen LogP contribution in [0.2, 0.25) is 0 Å². The molecule has 0 aromatic carbocycles. The Balaban J connectivity index is 6.38. The van der Waals surface area contributed by atoms with Crippen molar-refractivity contribution in [3.05, 3.63) is 41.1 Å². The highest BCUT2D eigenvalue weighted by atomic mass is 32.3. The van der Waals surface area contributed by atoms with Gasteiger partial charge in [-0.1, -0.05) is 0 Å². The van der Waals surface area contributed by atoms with Crippen molar-refractivity contribution in [2.75, 3.05) is 6.67 Å². The van der Waals surface area contributed by atoms with Gasteiger partial charge in [0.05, 0.1) is 0 Å². The lowest BCUT2D eigenvalue weighted by atomic mass is 10.2. The number of hydrogen-bond acceptors (Lipinski definition) is 4. The molecule has 1 atom stereocenters. The molecule has 16 heteroatoms. The molecule has 0 aliphatic heterocycles. The third-order valence-electron chi connectivity index (χ3n) is 2.28. The van der Waals surface area contributed by atoms with Crippen molar-refractivity contribution < 1.29 is 65.7 Å². The van der Waals surface area contributed by atoms with Gasteiger partial charge in [-0.25, -0.2) is 17.6 Å². The minimum Gasteiger partial charge on any atom is -0.439 e. The molecule has 0 fully saturated rings. The van der Waals surface area contributed by atoms with Gasteiger partial charge in [0.25, 0.3) is 0 Å². The normalized spacial score (nSPS) is 16.3. The van der Waals surface area contributed by atoms with Gasteiger partial charge in [0.1, 0.15) is 19.0 Å². The van der Waals surface area contributed by atoms with Crippen LogP contribution in [0.3, 0.4) is 0 Å². The van der Waals surface area contributed by atoms with Crippen molar-refractivity contribution in [1.29, 1.82) is 0 Å². The van der Waals surface area contributed by atoms with Crippen molar-refractivity contribution >= 4 is 10.2 Å². The maximum atomic E-state index is 14.0. The summed E-state index contributed by atoms with van der Waals surface area (Å²) >= 11 is 0. The number of halogens is 11. The van der Waals surface area contributed by atoms with Gasteiger partial charge in [-0.3, -0.25) is 0 Å². The molecule has 0 radical (unpaired) electrons. The first-order valence-electron chi connectivity index (χ1n) is 5.78. The standard InChI is InChI=1S/C11H5F11O4S/c12-2-1-6(3-13)25-11(20,21)9(16,10(17,18)19)26-7(4-14)8(5-15)27(22,23)24/h2,4-5H,3H2. The molecule has 0 aliphatic rings. The minimum atomic E-state index is -6.90. The van der Waals surface area contributed by atoms with Gasteiger partial charge >= 0.3 is 28.4 Å². The number of ether oxygens (including phenoxy) is 2. The molecule has 0 amide bonds. The second kappa shape index (κ2) is 8.65. The SMILES string of the molecule is O=S(=O)(F)C(=CF)C(=CF)OC(F)(C(F)(F)F)C(F)(F)OC(=C=CF)CF. The predicted molar refractivity (Wildman–Crippen MR) is 64.1 cm³/mol. The molecule has 0 aliphatic carbocycles. The summed E-state index contributed by atoms with van der Waals surface area (Å²) in [5, 5.41) is 0. The van der Waals surface area contributed by atoms with Crippen molar-refractivity contribution in [3.8, 4) is 0 Å². The summed E-state index contributed by atoms with van der Waals surface area (Å²) in [6, 6.07) is 0. The smallest absolute Gasteiger partial charge is 0.439 e. The highest BCUT2D eigenvalue weighted by Gasteiger charge is 2.77. The molecule has 0 rings (SSSR count). The third kappa shape index (κ3) is 5.63. The monoisotopic (exact) mass is 442 g/mol. The van der Waals surface area contributed by atoms with E-state index in [0.29, 0.717) is 0 Å². The van der Waals surface area contributed by atoms with E-state index in [1.165, 1.54) is 0 Å². The van der Waals surface area contributed by atoms with Crippen LogP contribution in [0.4, 0.5) is 47.8 Å². The largest absolute Gasteiger partial charge is 0.481 e. The molecule has 0 aromatic rings. The molecule has 4 nitrogen and oxygen atoms in total. The number of alkyl halides is 7. The summed E-state index contributed by atoms with van der Waals surface area (Å²) in [6.45, 7) is -2.25. The van der Waals surface area contributed by atoms with Crippen LogP contribution in [0.1, 0.15) is 0 Å². The van der Waals surface area contributed by atoms with Gasteiger partial charge < -0.3 is 9.47 Å². The van der Waals surface area contributed by atoms with E-state index in [-0.39, 0.29) is 0 Å². The van der Waals surface area contributed by atoms with Crippen molar-refractivity contribution in [2.24, 2.45) is 0 Å². The lowest BCUT2D eigenvalue weighted by Crippen LogP contribution is -2.58. The zero-order valence-electron chi connectivity index (χ0n) is 12.1. The fourth-order valence-electron chi connectivity index (χ4n) is 1.16. The van der Waals surface area contributed by atoms with E-state index in [1.807, 2.05) is 0 Å². The molecule has 0 saturated heterocycles. The summed E-state index contributed by atoms with van der Waals surface area (Å²) in [5.74, 6) is -11.4. The summed E-state index contributed by atoms with van der Waals surface area (Å²) in [4.78, 5) is -2.74. The molecular formula is C11H5F11O4S. The Bertz CT molecular complexity index is 762. The van der Waals surface area contributed by atoms with E-state index < -0.39 is 70.5 Å². The van der Waals surface area contributed by atoms with Crippen LogP contribution < -0.4 is 0 Å². The van der Waals surface area contributed by atoms with Crippen LogP contribution in [-0.2, 0) is 19.7 Å². The fourth-order valence-corrected chi connectivity index (χ4v) is 1.60. The van der Waals surface area contributed by atoms with Crippen LogP contribution in [-0.4, -0.2) is 33.2 Å². The minimum absolute atomic E-state index is 0.814. The number of hydrogen-bond donors (Lipinski definition) is 0. The van der Waals surface area contributed by atoms with E-state index in [0.717, 1.165) is 5.73 Å². The van der Waals surface area contributed by atoms with E-state index in [2.05, 4.69) is 9.47 Å². The summed E-state index contributed by atoms with van der Waals surface area (Å²) < 4.78 is 168. The van der Waals surface area contributed by atoms with Gasteiger partial charge in [-0.2, -0.15) is 34.8 Å². The van der Waals surface area contributed by atoms with Crippen LogP contribution in [0.25, 0.3) is 0 Å². The topological polar surface area (TPSA) is 52.6 Å². The Morgan fingerprint density at radius 1 is 0.963 bits per heavy atom. The van der Waals surface area contributed by atoms with Crippen molar-refractivity contribution in [3.63, 3.8) is 0 Å². The van der Waals surface area contributed by atoms with Crippen LogP contribution in [0.15, 0.2) is 41.1 Å². The number of allylic oxidation sites excluding steroid dienone is 1. The average molecular weight is 442 g/mol. The van der Waals surface area contributed by atoms with Gasteiger partial charge in [0.2, 0.25) is 0 Å². The second-order valence-corrected chi connectivity index (χ2v) is 5.32. The van der Waals surface area contributed by atoms with E-state index in [4.69, 9.17) is 0 Å². The quantitative estimate of drug-likeness (QED) is 0.180. The highest BCUT2D eigenvalue weighted by molar-refractivity contribution is 7.90. The highest BCUT2D eigenvalue weighted by Crippen LogP contribution is 2.49. The molecule has 0 saturated carbocycles. The number of rotatable bonds is 8. The predicted octanol–water partition coefficient (Wildman–Crippen LogP) is 4.70. The van der Waals surface area contributed by atoms with Gasteiger partial charge in [-0.05, 0) is 5.73 Å². The van der Waals surface area contributed by atoms with Crippen molar-refractivity contribution in [2.45, 2.75) is 18.1 Å². The Kier molecular flexibility index (Phi) is 7.93. The van der Waals surface area contributed by atoms with E-state index in [1.54, 1.807) is 0 Å².